The summed E-state index contributed by atoms with van der Waals surface area (Å²) in [5.41, 5.74) is 0.550. The van der Waals surface area contributed by atoms with Crippen molar-refractivity contribution in [3.63, 3.8) is 0 Å². The summed E-state index contributed by atoms with van der Waals surface area (Å²) < 4.78 is 6.77. The van der Waals surface area contributed by atoms with Crippen molar-refractivity contribution in [1.82, 2.24) is 9.55 Å². The van der Waals surface area contributed by atoms with Crippen molar-refractivity contribution in [2.45, 2.75) is 30.3 Å². The Balaban J connectivity index is 2.65. The van der Waals surface area contributed by atoms with Crippen molar-refractivity contribution < 1.29 is 4.74 Å². The van der Waals surface area contributed by atoms with Gasteiger partial charge in [-0.1, -0.05) is 23.9 Å². The molecule has 21 heavy (non-hydrogen) atoms. The molecule has 2 aromatic rings. The SMILES string of the molecule is COC[C@H](C)n1c(S[C@H](C)C#N)nc2ccccc2c1=O. The van der Waals surface area contributed by atoms with E-state index >= 15 is 0 Å². The molecule has 0 saturated heterocycles. The zero-order chi connectivity index (χ0) is 15.4. The first kappa shape index (κ1) is 15.5. The van der Waals surface area contributed by atoms with Gasteiger partial charge in [0.25, 0.3) is 5.56 Å². The molecule has 2 rings (SSSR count). The van der Waals surface area contributed by atoms with E-state index in [1.807, 2.05) is 25.1 Å². The summed E-state index contributed by atoms with van der Waals surface area (Å²) in [6.07, 6.45) is 0. The minimum absolute atomic E-state index is 0.0993. The van der Waals surface area contributed by atoms with Crippen LogP contribution >= 0.6 is 11.8 Å². The molecule has 0 bridgehead atoms. The maximum Gasteiger partial charge on any atom is 0.262 e. The van der Waals surface area contributed by atoms with Gasteiger partial charge in [-0.2, -0.15) is 5.26 Å². The van der Waals surface area contributed by atoms with E-state index in [-0.39, 0.29) is 16.9 Å². The Labute approximate surface area is 127 Å². The second-order valence-corrected chi connectivity index (χ2v) is 6.09. The summed E-state index contributed by atoms with van der Waals surface area (Å²) >= 11 is 1.29. The molecule has 2 atom stereocenters. The van der Waals surface area contributed by atoms with E-state index in [2.05, 4.69) is 11.1 Å². The molecular weight excluding hydrogens is 286 g/mol. The minimum atomic E-state index is -0.279. The van der Waals surface area contributed by atoms with Gasteiger partial charge in [0.15, 0.2) is 5.16 Å². The lowest BCUT2D eigenvalue weighted by atomic mass is 10.2. The van der Waals surface area contributed by atoms with Gasteiger partial charge in [0.1, 0.15) is 0 Å². The number of para-hydroxylation sites is 1. The largest absolute Gasteiger partial charge is 0.383 e. The van der Waals surface area contributed by atoms with Gasteiger partial charge in [0.05, 0.1) is 34.9 Å². The van der Waals surface area contributed by atoms with Gasteiger partial charge >= 0.3 is 0 Å². The predicted octanol–water partition coefficient (Wildman–Crippen LogP) is 2.61. The van der Waals surface area contributed by atoms with Crippen LogP contribution in [0.3, 0.4) is 0 Å². The van der Waals surface area contributed by atoms with Gasteiger partial charge in [-0.15, -0.1) is 0 Å². The predicted molar refractivity (Wildman–Crippen MR) is 83.5 cm³/mol. The van der Waals surface area contributed by atoms with Crippen molar-refractivity contribution >= 4 is 22.7 Å². The fourth-order valence-electron chi connectivity index (χ4n) is 2.10. The molecule has 0 amide bonds. The highest BCUT2D eigenvalue weighted by molar-refractivity contribution is 8.00. The monoisotopic (exact) mass is 303 g/mol. The average molecular weight is 303 g/mol. The van der Waals surface area contributed by atoms with Crippen LogP contribution < -0.4 is 5.56 Å². The van der Waals surface area contributed by atoms with Crippen LogP contribution in [0, 0.1) is 11.3 Å². The molecule has 0 N–H and O–H groups in total. The Morgan fingerprint density at radius 2 is 2.14 bits per heavy atom. The standard InChI is InChI=1S/C15H17N3O2S/c1-10(9-20-3)18-14(19)12-6-4-5-7-13(12)17-15(18)21-11(2)8-16/h4-7,10-11H,9H2,1-3H3/t10-,11+/m0/s1. The van der Waals surface area contributed by atoms with Crippen LogP contribution in [-0.2, 0) is 4.74 Å². The van der Waals surface area contributed by atoms with Crippen LogP contribution in [0.5, 0.6) is 0 Å². The molecule has 0 aliphatic carbocycles. The highest BCUT2D eigenvalue weighted by Crippen LogP contribution is 2.24. The number of benzene rings is 1. The highest BCUT2D eigenvalue weighted by atomic mass is 32.2. The zero-order valence-corrected chi connectivity index (χ0v) is 13.1. The zero-order valence-electron chi connectivity index (χ0n) is 12.2. The van der Waals surface area contributed by atoms with Crippen molar-refractivity contribution in [3.05, 3.63) is 34.6 Å². The fraction of sp³-hybridized carbons (Fsp3) is 0.400. The summed E-state index contributed by atoms with van der Waals surface area (Å²) in [5, 5.41) is 9.85. The summed E-state index contributed by atoms with van der Waals surface area (Å²) in [4.78, 5) is 17.3. The number of rotatable bonds is 5. The van der Waals surface area contributed by atoms with Crippen molar-refractivity contribution in [2.24, 2.45) is 0 Å². The van der Waals surface area contributed by atoms with Gasteiger partial charge in [0.2, 0.25) is 0 Å². The van der Waals surface area contributed by atoms with Crippen LogP contribution in [0.2, 0.25) is 0 Å². The molecule has 0 saturated carbocycles. The maximum absolute atomic E-state index is 12.7. The van der Waals surface area contributed by atoms with Crippen molar-refractivity contribution in [3.8, 4) is 6.07 Å². The Morgan fingerprint density at radius 1 is 1.43 bits per heavy atom. The topological polar surface area (TPSA) is 67.9 Å². The highest BCUT2D eigenvalue weighted by Gasteiger charge is 2.18. The smallest absolute Gasteiger partial charge is 0.262 e. The fourth-order valence-corrected chi connectivity index (χ4v) is 2.99. The third-order valence-corrected chi connectivity index (χ3v) is 4.05. The van der Waals surface area contributed by atoms with E-state index in [1.54, 1.807) is 24.7 Å². The number of hydrogen-bond donors (Lipinski definition) is 0. The summed E-state index contributed by atoms with van der Waals surface area (Å²) in [6, 6.07) is 9.25. The van der Waals surface area contributed by atoms with E-state index in [9.17, 15) is 4.79 Å². The second-order valence-electron chi connectivity index (χ2n) is 4.78. The maximum atomic E-state index is 12.7. The van der Waals surface area contributed by atoms with Gasteiger partial charge in [0, 0.05) is 7.11 Å². The first-order valence-electron chi connectivity index (χ1n) is 6.65. The molecule has 6 heteroatoms. The molecule has 0 aliphatic rings. The van der Waals surface area contributed by atoms with Crippen LogP contribution in [0.1, 0.15) is 19.9 Å². The Bertz CT molecular complexity index is 736. The van der Waals surface area contributed by atoms with E-state index in [0.29, 0.717) is 22.7 Å². The van der Waals surface area contributed by atoms with Gasteiger partial charge < -0.3 is 4.74 Å². The summed E-state index contributed by atoms with van der Waals surface area (Å²) in [7, 11) is 1.60. The van der Waals surface area contributed by atoms with E-state index in [4.69, 9.17) is 10.00 Å². The van der Waals surface area contributed by atoms with Crippen LogP contribution in [0.4, 0.5) is 0 Å². The lowest BCUT2D eigenvalue weighted by molar-refractivity contribution is 0.156. The lowest BCUT2D eigenvalue weighted by Gasteiger charge is -2.19. The average Bonchev–Trinajstić information content (AvgIpc) is 2.47. The molecule has 0 aliphatic heterocycles. The first-order valence-corrected chi connectivity index (χ1v) is 7.53. The number of thioether (sulfide) groups is 1. The second kappa shape index (κ2) is 6.74. The number of hydrogen-bond acceptors (Lipinski definition) is 5. The summed E-state index contributed by atoms with van der Waals surface area (Å²) in [6.45, 7) is 4.11. The number of ether oxygens (including phenoxy) is 1. The Kier molecular flexibility index (Phi) is 4.99. The molecular formula is C15H17N3O2S. The van der Waals surface area contributed by atoms with Crippen molar-refractivity contribution in [1.29, 1.82) is 5.26 Å². The van der Waals surface area contributed by atoms with E-state index < -0.39 is 0 Å². The molecule has 0 fully saturated rings. The van der Waals surface area contributed by atoms with E-state index in [0.717, 1.165) is 0 Å². The molecule has 1 aromatic heterocycles. The molecule has 0 spiro atoms. The Hall–Kier alpha value is -1.84. The third-order valence-electron chi connectivity index (χ3n) is 3.09. The normalized spacial score (nSPS) is 13.8. The number of nitriles is 1. The first-order chi connectivity index (χ1) is 10.1. The van der Waals surface area contributed by atoms with Crippen LogP contribution in [0.25, 0.3) is 10.9 Å². The lowest BCUT2D eigenvalue weighted by Crippen LogP contribution is -2.28. The molecule has 110 valence electrons. The Morgan fingerprint density at radius 3 is 2.81 bits per heavy atom. The molecule has 1 aromatic carbocycles. The molecule has 1 heterocycles. The van der Waals surface area contributed by atoms with Crippen molar-refractivity contribution in [2.75, 3.05) is 13.7 Å². The number of aromatic nitrogens is 2. The van der Waals surface area contributed by atoms with E-state index in [1.165, 1.54) is 11.8 Å². The number of fused-ring (bicyclic) bond motifs is 1. The molecule has 5 nitrogen and oxygen atoms in total. The third kappa shape index (κ3) is 3.26. The number of nitrogens with zero attached hydrogens (tertiary/aromatic N) is 3. The molecule has 0 unspecified atom stereocenters. The number of methoxy groups -OCH3 is 1. The van der Waals surface area contributed by atoms with Crippen LogP contribution in [-0.4, -0.2) is 28.5 Å². The van der Waals surface area contributed by atoms with Gasteiger partial charge in [-0.05, 0) is 26.0 Å². The summed E-state index contributed by atoms with van der Waals surface area (Å²) in [5.74, 6) is 0. The molecule has 0 radical (unpaired) electrons. The van der Waals surface area contributed by atoms with Gasteiger partial charge in [-0.3, -0.25) is 9.36 Å². The van der Waals surface area contributed by atoms with Gasteiger partial charge in [-0.25, -0.2) is 4.98 Å². The quantitative estimate of drug-likeness (QED) is 0.627. The van der Waals surface area contributed by atoms with Crippen LogP contribution in [0.15, 0.2) is 34.2 Å². The minimum Gasteiger partial charge on any atom is -0.383 e.